The van der Waals surface area contributed by atoms with Gasteiger partial charge in [-0.1, -0.05) is 42.5 Å². The molecule has 0 aliphatic carbocycles. The molecule has 1 N–H and O–H groups in total. The van der Waals surface area contributed by atoms with E-state index in [0.29, 0.717) is 33.9 Å². The Bertz CT molecular complexity index is 1560. The van der Waals surface area contributed by atoms with Crippen LogP contribution < -0.4 is 20.5 Å². The minimum Gasteiger partial charge on any atom is -0.493 e. The number of rotatable bonds is 5. The highest BCUT2D eigenvalue weighted by molar-refractivity contribution is 6.01. The Labute approximate surface area is 182 Å². The van der Waals surface area contributed by atoms with E-state index in [4.69, 9.17) is 9.47 Å². The molecule has 0 saturated heterocycles. The van der Waals surface area contributed by atoms with E-state index >= 15 is 0 Å². The van der Waals surface area contributed by atoms with Crippen molar-refractivity contribution in [3.05, 3.63) is 82.6 Å². The molecule has 158 valence electrons. The summed E-state index contributed by atoms with van der Waals surface area (Å²) in [5, 5.41) is 10.9. The summed E-state index contributed by atoms with van der Waals surface area (Å²) in [5.74, 6) is 1.62. The molecular formula is C24H19N5O3. The van der Waals surface area contributed by atoms with E-state index in [1.165, 1.54) is 4.52 Å². The molecule has 0 spiro atoms. The molecule has 0 aliphatic heterocycles. The first-order valence-electron chi connectivity index (χ1n) is 9.92. The lowest BCUT2D eigenvalue weighted by Crippen LogP contribution is -2.19. The third kappa shape index (κ3) is 3.18. The highest BCUT2D eigenvalue weighted by Crippen LogP contribution is 2.29. The minimum absolute atomic E-state index is 0.238. The maximum atomic E-state index is 13.1. The molecule has 32 heavy (non-hydrogen) atoms. The van der Waals surface area contributed by atoms with Crippen LogP contribution in [0.15, 0.2) is 76.6 Å². The number of methoxy groups -OCH3 is 2. The summed E-state index contributed by atoms with van der Waals surface area (Å²) in [6.45, 7) is 0. The fraction of sp³-hybridized carbons (Fsp3) is 0.0833. The Balaban J connectivity index is 1.64. The van der Waals surface area contributed by atoms with Crippen LogP contribution in [-0.2, 0) is 0 Å². The first-order chi connectivity index (χ1) is 15.7. The van der Waals surface area contributed by atoms with Gasteiger partial charge in [-0.2, -0.15) is 9.62 Å². The topological polar surface area (TPSA) is 90.1 Å². The number of benzene rings is 3. The van der Waals surface area contributed by atoms with E-state index in [-0.39, 0.29) is 5.56 Å². The van der Waals surface area contributed by atoms with Gasteiger partial charge in [-0.25, -0.2) is 4.98 Å². The van der Waals surface area contributed by atoms with Gasteiger partial charge in [0.25, 0.3) is 5.56 Å². The van der Waals surface area contributed by atoms with E-state index < -0.39 is 0 Å². The molecule has 8 nitrogen and oxygen atoms in total. The van der Waals surface area contributed by atoms with Gasteiger partial charge in [0.1, 0.15) is 0 Å². The number of anilines is 1. The number of hydrogen-bond donors (Lipinski definition) is 1. The van der Waals surface area contributed by atoms with Gasteiger partial charge < -0.3 is 9.47 Å². The molecule has 0 radical (unpaired) electrons. The number of ether oxygens (including phenoxy) is 2. The molecule has 0 fully saturated rings. The van der Waals surface area contributed by atoms with Crippen LogP contribution in [0.5, 0.6) is 11.5 Å². The average Bonchev–Trinajstić information content (AvgIpc) is 2.84. The Morgan fingerprint density at radius 1 is 0.906 bits per heavy atom. The maximum absolute atomic E-state index is 13.1. The van der Waals surface area contributed by atoms with Gasteiger partial charge in [-0.15, -0.1) is 5.10 Å². The van der Waals surface area contributed by atoms with Crippen molar-refractivity contribution >= 4 is 39.4 Å². The summed E-state index contributed by atoms with van der Waals surface area (Å²) in [6, 6.07) is 20.4. The first kappa shape index (κ1) is 19.5. The van der Waals surface area contributed by atoms with Crippen LogP contribution >= 0.6 is 0 Å². The Morgan fingerprint density at radius 2 is 1.66 bits per heavy atom. The fourth-order valence-electron chi connectivity index (χ4n) is 3.69. The van der Waals surface area contributed by atoms with Crippen molar-refractivity contribution in [1.29, 1.82) is 0 Å². The minimum atomic E-state index is -0.238. The molecule has 2 aromatic heterocycles. The van der Waals surface area contributed by atoms with E-state index in [1.54, 1.807) is 26.5 Å². The van der Waals surface area contributed by atoms with Crippen molar-refractivity contribution in [1.82, 2.24) is 14.6 Å². The molecule has 2 heterocycles. The summed E-state index contributed by atoms with van der Waals surface area (Å²) >= 11 is 0. The molecule has 0 bridgehead atoms. The second kappa shape index (κ2) is 7.99. The van der Waals surface area contributed by atoms with E-state index in [0.717, 1.165) is 16.3 Å². The van der Waals surface area contributed by atoms with Crippen molar-refractivity contribution < 1.29 is 9.47 Å². The Kier molecular flexibility index (Phi) is 4.87. The third-order valence-electron chi connectivity index (χ3n) is 5.18. The SMILES string of the molecule is COc1cccc(/C=N\Nc2nn3c(=O)c4ccccc4nc3c3ccccc23)c1OC. The molecule has 0 atom stereocenters. The summed E-state index contributed by atoms with van der Waals surface area (Å²) < 4.78 is 12.1. The molecule has 0 aliphatic rings. The molecular weight excluding hydrogens is 406 g/mol. The lowest BCUT2D eigenvalue weighted by Gasteiger charge is -2.11. The second-order valence-corrected chi connectivity index (χ2v) is 7.02. The predicted octanol–water partition coefficient (Wildman–Crippen LogP) is 3.86. The van der Waals surface area contributed by atoms with Crippen molar-refractivity contribution in [2.75, 3.05) is 19.6 Å². The zero-order chi connectivity index (χ0) is 22.1. The molecule has 0 amide bonds. The van der Waals surface area contributed by atoms with E-state index in [1.807, 2.05) is 60.7 Å². The molecule has 3 aromatic carbocycles. The van der Waals surface area contributed by atoms with Gasteiger partial charge >= 0.3 is 0 Å². The molecule has 5 aromatic rings. The van der Waals surface area contributed by atoms with Crippen molar-refractivity contribution in [3.8, 4) is 11.5 Å². The summed E-state index contributed by atoms with van der Waals surface area (Å²) in [4.78, 5) is 17.8. The molecule has 0 unspecified atom stereocenters. The van der Waals surface area contributed by atoms with Crippen molar-refractivity contribution in [2.45, 2.75) is 0 Å². The normalized spacial score (nSPS) is 11.4. The lowest BCUT2D eigenvalue weighted by atomic mass is 10.1. The number of hydrogen-bond acceptors (Lipinski definition) is 7. The van der Waals surface area contributed by atoms with Gasteiger partial charge in [0.05, 0.1) is 31.3 Å². The third-order valence-corrected chi connectivity index (χ3v) is 5.18. The second-order valence-electron chi connectivity index (χ2n) is 7.02. The van der Waals surface area contributed by atoms with Crippen LogP contribution in [-0.4, -0.2) is 35.0 Å². The summed E-state index contributed by atoms with van der Waals surface area (Å²) in [5.41, 5.74) is 4.59. The molecule has 8 heteroatoms. The Morgan fingerprint density at radius 3 is 2.44 bits per heavy atom. The van der Waals surface area contributed by atoms with Gasteiger partial charge in [-0.05, 0) is 24.3 Å². The van der Waals surface area contributed by atoms with Crippen LogP contribution in [0.2, 0.25) is 0 Å². The van der Waals surface area contributed by atoms with Crippen LogP contribution in [0.25, 0.3) is 27.3 Å². The number of hydrazone groups is 1. The van der Waals surface area contributed by atoms with Crippen molar-refractivity contribution in [3.63, 3.8) is 0 Å². The lowest BCUT2D eigenvalue weighted by molar-refractivity contribution is 0.354. The zero-order valence-electron chi connectivity index (χ0n) is 17.4. The quantitative estimate of drug-likeness (QED) is 0.199. The predicted molar refractivity (Wildman–Crippen MR) is 125 cm³/mol. The van der Waals surface area contributed by atoms with E-state index in [2.05, 4.69) is 20.6 Å². The zero-order valence-corrected chi connectivity index (χ0v) is 17.4. The largest absolute Gasteiger partial charge is 0.493 e. The Hall–Kier alpha value is -4.46. The van der Waals surface area contributed by atoms with Gasteiger partial charge in [0.2, 0.25) is 0 Å². The highest BCUT2D eigenvalue weighted by atomic mass is 16.5. The van der Waals surface area contributed by atoms with Crippen LogP contribution in [0.1, 0.15) is 5.56 Å². The van der Waals surface area contributed by atoms with E-state index in [9.17, 15) is 4.79 Å². The fourth-order valence-corrected chi connectivity index (χ4v) is 3.69. The number of nitrogens with one attached hydrogen (secondary N) is 1. The van der Waals surface area contributed by atoms with Gasteiger partial charge in [0.15, 0.2) is 23.0 Å². The standard InChI is InChI=1S/C24H19N5O3/c1-31-20-13-7-8-15(21(20)32-2)14-25-27-22-16-9-3-4-10-17(16)23-26-19-12-6-5-11-18(19)24(30)29(23)28-22/h3-14H,1-2H3,(H,27,28)/b25-14-. The smallest absolute Gasteiger partial charge is 0.282 e. The summed E-state index contributed by atoms with van der Waals surface area (Å²) in [7, 11) is 3.16. The first-order valence-corrected chi connectivity index (χ1v) is 9.92. The number of fused-ring (bicyclic) bond motifs is 4. The van der Waals surface area contributed by atoms with Crippen LogP contribution in [0.3, 0.4) is 0 Å². The van der Waals surface area contributed by atoms with Gasteiger partial charge in [-0.3, -0.25) is 10.2 Å². The molecule has 0 saturated carbocycles. The molecule has 5 rings (SSSR count). The highest BCUT2D eigenvalue weighted by Gasteiger charge is 2.13. The number of para-hydroxylation sites is 2. The monoisotopic (exact) mass is 425 g/mol. The van der Waals surface area contributed by atoms with Crippen LogP contribution in [0.4, 0.5) is 5.82 Å². The van der Waals surface area contributed by atoms with Crippen molar-refractivity contribution in [2.24, 2.45) is 5.10 Å². The summed E-state index contributed by atoms with van der Waals surface area (Å²) in [6.07, 6.45) is 1.61. The van der Waals surface area contributed by atoms with Crippen LogP contribution in [0, 0.1) is 0 Å². The number of aromatic nitrogens is 3. The average molecular weight is 425 g/mol. The maximum Gasteiger partial charge on any atom is 0.282 e. The number of nitrogens with zero attached hydrogens (tertiary/aromatic N) is 4. The van der Waals surface area contributed by atoms with Gasteiger partial charge in [0, 0.05) is 16.3 Å².